The van der Waals surface area contributed by atoms with E-state index in [0.717, 1.165) is 15.7 Å². The van der Waals surface area contributed by atoms with Gasteiger partial charge in [-0.1, -0.05) is 35.8 Å². The molecule has 0 saturated carbocycles. The van der Waals surface area contributed by atoms with E-state index in [4.69, 9.17) is 0 Å². The molecule has 1 heterocycles. The summed E-state index contributed by atoms with van der Waals surface area (Å²) in [7, 11) is 0. The minimum Gasteiger partial charge on any atom is -0.253 e. The van der Waals surface area contributed by atoms with Crippen LogP contribution in [0.4, 0.5) is 0 Å². The molecular weight excluding hydrogens is 238 g/mol. The van der Waals surface area contributed by atoms with E-state index in [9.17, 15) is 0 Å². The molecule has 0 amide bonds. The van der Waals surface area contributed by atoms with Gasteiger partial charge in [0, 0.05) is 15.6 Å². The number of hydrogen-bond donors (Lipinski definition) is 0. The minimum absolute atomic E-state index is 0.485. The van der Waals surface area contributed by atoms with E-state index in [0.29, 0.717) is 5.92 Å². The predicted octanol–water partition coefficient (Wildman–Crippen LogP) is 4.12. The number of fused-ring (bicyclic) bond motifs is 1. The zero-order valence-corrected chi connectivity index (χ0v) is 9.88. The molecule has 0 aliphatic rings. The molecule has 2 aromatic rings. The lowest BCUT2D eigenvalue weighted by Crippen LogP contribution is -1.92. The summed E-state index contributed by atoms with van der Waals surface area (Å²) in [5.41, 5.74) is 2.21. The Morgan fingerprint density at radius 2 is 1.93 bits per heavy atom. The summed E-state index contributed by atoms with van der Waals surface area (Å²) < 4.78 is 1.11. The van der Waals surface area contributed by atoms with Gasteiger partial charge >= 0.3 is 0 Å². The van der Waals surface area contributed by atoms with Gasteiger partial charge in [-0.05, 0) is 30.2 Å². The van der Waals surface area contributed by atoms with Gasteiger partial charge in [0.15, 0.2) is 0 Å². The maximum atomic E-state index is 4.61. The summed E-state index contributed by atoms with van der Waals surface area (Å²) in [6, 6.07) is 10.3. The Balaban J connectivity index is 2.67. The molecule has 0 unspecified atom stereocenters. The Bertz CT molecular complexity index is 463. The third-order valence-electron chi connectivity index (χ3n) is 2.29. The number of benzene rings is 1. The highest BCUT2D eigenvalue weighted by Gasteiger charge is 2.03. The van der Waals surface area contributed by atoms with Gasteiger partial charge in [0.2, 0.25) is 0 Å². The van der Waals surface area contributed by atoms with Gasteiger partial charge < -0.3 is 0 Å². The molecule has 1 aromatic carbocycles. The monoisotopic (exact) mass is 249 g/mol. The maximum Gasteiger partial charge on any atom is 0.0716 e. The molecule has 72 valence electrons. The number of nitrogens with zero attached hydrogens (tertiary/aromatic N) is 1. The highest BCUT2D eigenvalue weighted by atomic mass is 79.9. The lowest BCUT2D eigenvalue weighted by molar-refractivity contribution is 0.830. The molecule has 0 bridgehead atoms. The molecule has 0 saturated heterocycles. The Kier molecular flexibility index (Phi) is 2.55. The molecule has 0 N–H and O–H groups in total. The van der Waals surface area contributed by atoms with E-state index in [2.05, 4.69) is 46.9 Å². The van der Waals surface area contributed by atoms with Crippen LogP contribution in [0.25, 0.3) is 10.9 Å². The van der Waals surface area contributed by atoms with Crippen LogP contribution < -0.4 is 0 Å². The first kappa shape index (κ1) is 9.66. The van der Waals surface area contributed by atoms with Crippen LogP contribution in [0.1, 0.15) is 25.5 Å². The van der Waals surface area contributed by atoms with Crippen molar-refractivity contribution in [1.82, 2.24) is 4.98 Å². The zero-order chi connectivity index (χ0) is 10.1. The second kappa shape index (κ2) is 3.70. The number of pyridine rings is 1. The summed E-state index contributed by atoms with van der Waals surface area (Å²) in [5, 5.41) is 1.18. The number of rotatable bonds is 1. The second-order valence-electron chi connectivity index (χ2n) is 3.70. The lowest BCUT2D eigenvalue weighted by atomic mass is 10.1. The molecule has 14 heavy (non-hydrogen) atoms. The van der Waals surface area contributed by atoms with Crippen molar-refractivity contribution in [3.05, 3.63) is 40.5 Å². The summed E-state index contributed by atoms with van der Waals surface area (Å²) in [5.74, 6) is 0.485. The second-order valence-corrected chi connectivity index (χ2v) is 4.55. The molecule has 1 aromatic heterocycles. The summed E-state index contributed by atoms with van der Waals surface area (Å²) in [4.78, 5) is 4.61. The van der Waals surface area contributed by atoms with Crippen LogP contribution >= 0.6 is 15.9 Å². The van der Waals surface area contributed by atoms with Crippen molar-refractivity contribution >= 4 is 26.8 Å². The normalized spacial score (nSPS) is 11.1. The van der Waals surface area contributed by atoms with Crippen LogP contribution in [-0.4, -0.2) is 4.98 Å². The van der Waals surface area contributed by atoms with Gasteiger partial charge in [-0.25, -0.2) is 0 Å². The Morgan fingerprint density at radius 1 is 1.14 bits per heavy atom. The van der Waals surface area contributed by atoms with Crippen molar-refractivity contribution < 1.29 is 0 Å². The van der Waals surface area contributed by atoms with Gasteiger partial charge in [0.1, 0.15) is 0 Å². The van der Waals surface area contributed by atoms with Crippen LogP contribution in [0.15, 0.2) is 34.8 Å². The van der Waals surface area contributed by atoms with Gasteiger partial charge in [-0.15, -0.1) is 0 Å². The van der Waals surface area contributed by atoms with Crippen LogP contribution in [0.3, 0.4) is 0 Å². The van der Waals surface area contributed by atoms with Gasteiger partial charge in [0.25, 0.3) is 0 Å². The molecule has 0 radical (unpaired) electrons. The highest BCUT2D eigenvalue weighted by Crippen LogP contribution is 2.24. The molecule has 0 aliphatic heterocycles. The fourth-order valence-electron chi connectivity index (χ4n) is 1.45. The quantitative estimate of drug-likeness (QED) is 0.741. The van der Waals surface area contributed by atoms with Gasteiger partial charge in [0.05, 0.1) is 5.52 Å². The molecule has 0 atom stereocenters. The molecule has 2 heteroatoms. The van der Waals surface area contributed by atoms with Crippen molar-refractivity contribution in [2.75, 3.05) is 0 Å². The third kappa shape index (κ3) is 1.67. The van der Waals surface area contributed by atoms with Crippen molar-refractivity contribution in [2.24, 2.45) is 0 Å². The van der Waals surface area contributed by atoms with Gasteiger partial charge in [-0.2, -0.15) is 0 Å². The molecule has 0 spiro atoms. The Labute approximate surface area is 92.3 Å². The first-order valence-corrected chi connectivity index (χ1v) is 5.53. The van der Waals surface area contributed by atoms with E-state index in [1.54, 1.807) is 0 Å². The lowest BCUT2D eigenvalue weighted by Gasteiger charge is -2.06. The first-order valence-electron chi connectivity index (χ1n) is 4.73. The number of hydrogen-bond acceptors (Lipinski definition) is 1. The van der Waals surface area contributed by atoms with Crippen molar-refractivity contribution in [3.8, 4) is 0 Å². The number of halogens is 1. The molecule has 2 rings (SSSR count). The fraction of sp³-hybridized carbons (Fsp3) is 0.250. The van der Waals surface area contributed by atoms with Crippen molar-refractivity contribution in [1.29, 1.82) is 0 Å². The van der Waals surface area contributed by atoms with E-state index in [1.165, 1.54) is 5.39 Å². The summed E-state index contributed by atoms with van der Waals surface area (Å²) in [6.45, 7) is 4.32. The van der Waals surface area contributed by atoms with Crippen LogP contribution in [0.2, 0.25) is 0 Å². The Morgan fingerprint density at radius 3 is 2.64 bits per heavy atom. The average Bonchev–Trinajstić information content (AvgIpc) is 2.17. The van der Waals surface area contributed by atoms with Crippen molar-refractivity contribution in [2.45, 2.75) is 19.8 Å². The predicted molar refractivity (Wildman–Crippen MR) is 63.5 cm³/mol. The topological polar surface area (TPSA) is 12.9 Å². The Hall–Kier alpha value is -0.890. The summed E-state index contributed by atoms with van der Waals surface area (Å²) >= 11 is 3.52. The van der Waals surface area contributed by atoms with E-state index in [-0.39, 0.29) is 0 Å². The first-order chi connectivity index (χ1) is 6.68. The molecule has 0 aliphatic carbocycles. The van der Waals surface area contributed by atoms with E-state index < -0.39 is 0 Å². The standard InChI is InChI=1S/C12H12BrN/c1-8(2)11-7-6-9-10(13)4-3-5-12(9)14-11/h3-8H,1-2H3. The van der Waals surface area contributed by atoms with Crippen LogP contribution in [0.5, 0.6) is 0 Å². The zero-order valence-electron chi connectivity index (χ0n) is 8.29. The van der Waals surface area contributed by atoms with Crippen LogP contribution in [-0.2, 0) is 0 Å². The average molecular weight is 250 g/mol. The minimum atomic E-state index is 0.485. The number of aromatic nitrogens is 1. The molecule has 1 nitrogen and oxygen atoms in total. The molecule has 0 fully saturated rings. The van der Waals surface area contributed by atoms with E-state index in [1.807, 2.05) is 18.2 Å². The fourth-order valence-corrected chi connectivity index (χ4v) is 1.94. The summed E-state index contributed by atoms with van der Waals surface area (Å²) in [6.07, 6.45) is 0. The van der Waals surface area contributed by atoms with Crippen LogP contribution in [0, 0.1) is 0 Å². The van der Waals surface area contributed by atoms with Crippen molar-refractivity contribution in [3.63, 3.8) is 0 Å². The SMILES string of the molecule is CC(C)c1ccc2c(Br)cccc2n1. The van der Waals surface area contributed by atoms with Gasteiger partial charge in [-0.3, -0.25) is 4.98 Å². The molecular formula is C12H12BrN. The highest BCUT2D eigenvalue weighted by molar-refractivity contribution is 9.10. The largest absolute Gasteiger partial charge is 0.253 e. The third-order valence-corrected chi connectivity index (χ3v) is 2.98. The van der Waals surface area contributed by atoms with E-state index >= 15 is 0 Å². The maximum absolute atomic E-state index is 4.61. The smallest absolute Gasteiger partial charge is 0.0716 e.